The Balaban J connectivity index is 2.12. The third-order valence-corrected chi connectivity index (χ3v) is 3.02. The minimum Gasteiger partial charge on any atom is -0.469 e. The van der Waals surface area contributed by atoms with Gasteiger partial charge in [0.05, 0.1) is 18.1 Å². The van der Waals surface area contributed by atoms with E-state index in [0.717, 1.165) is 0 Å². The van der Waals surface area contributed by atoms with Crippen LogP contribution in [0.2, 0.25) is 5.02 Å². The van der Waals surface area contributed by atoms with Crippen LogP contribution in [0.1, 0.15) is 6.42 Å². The molecule has 0 aliphatic carbocycles. The summed E-state index contributed by atoms with van der Waals surface area (Å²) in [6, 6.07) is 1.22. The first-order valence-corrected chi connectivity index (χ1v) is 5.63. The Morgan fingerprint density at radius 1 is 1.71 bits per heavy atom. The third kappa shape index (κ3) is 2.49. The van der Waals surface area contributed by atoms with Gasteiger partial charge in [-0.05, 0) is 12.5 Å². The van der Waals surface area contributed by atoms with E-state index in [4.69, 9.17) is 11.6 Å². The summed E-state index contributed by atoms with van der Waals surface area (Å²) in [6.07, 6.45) is 2.04. The molecule has 1 unspecified atom stereocenters. The number of nitrogens with zero attached hydrogens (tertiary/aromatic N) is 2. The van der Waals surface area contributed by atoms with Crippen molar-refractivity contribution in [1.82, 2.24) is 4.98 Å². The van der Waals surface area contributed by atoms with E-state index in [2.05, 4.69) is 9.72 Å². The first-order chi connectivity index (χ1) is 8.11. The topological polar surface area (TPSA) is 42.4 Å². The number of hydrogen-bond acceptors (Lipinski definition) is 4. The number of halogens is 2. The molecule has 17 heavy (non-hydrogen) atoms. The van der Waals surface area contributed by atoms with Crippen LogP contribution in [0.25, 0.3) is 0 Å². The summed E-state index contributed by atoms with van der Waals surface area (Å²) in [5.41, 5.74) is 0. The number of hydrogen-bond donors (Lipinski definition) is 0. The van der Waals surface area contributed by atoms with Gasteiger partial charge < -0.3 is 9.64 Å². The second-order valence-electron chi connectivity index (χ2n) is 3.91. The van der Waals surface area contributed by atoms with E-state index in [9.17, 15) is 9.18 Å². The SMILES string of the molecule is COC(=O)C1CCN(c2ncc(Cl)cc2F)C1. The van der Waals surface area contributed by atoms with Crippen molar-refractivity contribution in [2.24, 2.45) is 5.92 Å². The van der Waals surface area contributed by atoms with E-state index in [1.165, 1.54) is 19.4 Å². The minimum atomic E-state index is -0.469. The lowest BCUT2D eigenvalue weighted by molar-refractivity contribution is -0.144. The summed E-state index contributed by atoms with van der Waals surface area (Å²) in [5.74, 6) is -0.706. The highest BCUT2D eigenvalue weighted by Gasteiger charge is 2.30. The minimum absolute atomic E-state index is 0.211. The van der Waals surface area contributed by atoms with Gasteiger partial charge in [0.2, 0.25) is 0 Å². The van der Waals surface area contributed by atoms with Crippen molar-refractivity contribution in [2.75, 3.05) is 25.1 Å². The number of esters is 1. The summed E-state index contributed by atoms with van der Waals surface area (Å²) in [6.45, 7) is 1.02. The fraction of sp³-hybridized carbons (Fsp3) is 0.455. The van der Waals surface area contributed by atoms with Gasteiger partial charge in [0.1, 0.15) is 0 Å². The molecule has 0 spiro atoms. The van der Waals surface area contributed by atoms with Crippen molar-refractivity contribution in [2.45, 2.75) is 6.42 Å². The number of aromatic nitrogens is 1. The van der Waals surface area contributed by atoms with E-state index in [1.807, 2.05) is 0 Å². The molecule has 0 aromatic carbocycles. The molecule has 0 bridgehead atoms. The van der Waals surface area contributed by atoms with E-state index in [-0.39, 0.29) is 22.7 Å². The number of rotatable bonds is 2. The quantitative estimate of drug-likeness (QED) is 0.760. The lowest BCUT2D eigenvalue weighted by atomic mass is 10.1. The summed E-state index contributed by atoms with van der Waals surface area (Å²) in [7, 11) is 1.35. The molecule has 0 N–H and O–H groups in total. The van der Waals surface area contributed by atoms with E-state index in [0.29, 0.717) is 19.5 Å². The second kappa shape index (κ2) is 4.87. The zero-order valence-electron chi connectivity index (χ0n) is 9.32. The molecule has 2 heterocycles. The molecule has 0 radical (unpaired) electrons. The van der Waals surface area contributed by atoms with Crippen LogP contribution in [0.4, 0.5) is 10.2 Å². The fourth-order valence-electron chi connectivity index (χ4n) is 1.95. The van der Waals surface area contributed by atoms with Crippen LogP contribution >= 0.6 is 11.6 Å². The summed E-state index contributed by atoms with van der Waals surface area (Å²) in [4.78, 5) is 17.0. The van der Waals surface area contributed by atoms with Gasteiger partial charge >= 0.3 is 5.97 Å². The summed E-state index contributed by atoms with van der Waals surface area (Å²) >= 11 is 5.63. The smallest absolute Gasteiger partial charge is 0.310 e. The van der Waals surface area contributed by atoms with Crippen molar-refractivity contribution in [1.29, 1.82) is 0 Å². The van der Waals surface area contributed by atoms with Gasteiger partial charge in [-0.15, -0.1) is 0 Å². The van der Waals surface area contributed by atoms with Crippen molar-refractivity contribution in [3.63, 3.8) is 0 Å². The standard InChI is InChI=1S/C11H12ClFN2O2/c1-17-11(16)7-2-3-15(6-7)10-9(13)4-8(12)5-14-10/h4-5,7H,2-3,6H2,1H3. The lowest BCUT2D eigenvalue weighted by Crippen LogP contribution is -2.25. The summed E-state index contributed by atoms with van der Waals surface area (Å²) in [5, 5.41) is 0.259. The Morgan fingerprint density at radius 2 is 2.47 bits per heavy atom. The van der Waals surface area contributed by atoms with Crippen LogP contribution in [0.5, 0.6) is 0 Å². The molecule has 0 amide bonds. The van der Waals surface area contributed by atoms with Crippen LogP contribution in [0, 0.1) is 11.7 Å². The third-order valence-electron chi connectivity index (χ3n) is 2.81. The number of pyridine rings is 1. The molecule has 1 atom stereocenters. The maximum Gasteiger partial charge on any atom is 0.310 e. The Bertz CT molecular complexity index is 441. The van der Waals surface area contributed by atoms with Crippen molar-refractivity contribution >= 4 is 23.4 Å². The van der Waals surface area contributed by atoms with Crippen molar-refractivity contribution in [3.05, 3.63) is 23.1 Å². The number of ether oxygens (including phenoxy) is 1. The number of methoxy groups -OCH3 is 1. The zero-order chi connectivity index (χ0) is 12.4. The fourth-order valence-corrected chi connectivity index (χ4v) is 2.10. The predicted molar refractivity (Wildman–Crippen MR) is 61.5 cm³/mol. The largest absolute Gasteiger partial charge is 0.469 e. The number of anilines is 1. The predicted octanol–water partition coefficient (Wildman–Crippen LogP) is 1.87. The van der Waals surface area contributed by atoms with Crippen molar-refractivity contribution < 1.29 is 13.9 Å². The molecule has 4 nitrogen and oxygen atoms in total. The Kier molecular flexibility index (Phi) is 3.47. The molecular formula is C11H12ClFN2O2. The molecule has 1 saturated heterocycles. The second-order valence-corrected chi connectivity index (χ2v) is 4.35. The molecule has 1 aromatic heterocycles. The normalized spacial score (nSPS) is 19.5. The molecule has 2 rings (SSSR count). The number of carbonyl (C=O) groups excluding carboxylic acids is 1. The highest BCUT2D eigenvalue weighted by atomic mass is 35.5. The van der Waals surface area contributed by atoms with Gasteiger partial charge in [-0.2, -0.15) is 0 Å². The van der Waals surface area contributed by atoms with Gasteiger partial charge in [-0.1, -0.05) is 11.6 Å². The molecule has 1 aliphatic rings. The van der Waals surface area contributed by atoms with Crippen LogP contribution < -0.4 is 4.90 Å². The Hall–Kier alpha value is -1.36. The molecule has 6 heteroatoms. The molecule has 0 saturated carbocycles. The molecule has 1 aliphatic heterocycles. The van der Waals surface area contributed by atoms with Gasteiger partial charge in [0, 0.05) is 19.3 Å². The first-order valence-electron chi connectivity index (χ1n) is 5.25. The molecule has 92 valence electrons. The average Bonchev–Trinajstić information content (AvgIpc) is 2.77. The average molecular weight is 259 g/mol. The van der Waals surface area contributed by atoms with Gasteiger partial charge in [-0.3, -0.25) is 4.79 Å². The number of carbonyl (C=O) groups is 1. The van der Waals surface area contributed by atoms with Crippen LogP contribution in [-0.2, 0) is 9.53 Å². The Labute approximate surface area is 103 Å². The monoisotopic (exact) mass is 258 g/mol. The van der Waals surface area contributed by atoms with E-state index >= 15 is 0 Å². The molecule has 1 fully saturated rings. The van der Waals surface area contributed by atoms with E-state index in [1.54, 1.807) is 4.90 Å². The van der Waals surface area contributed by atoms with Crippen LogP contribution in [0.3, 0.4) is 0 Å². The van der Waals surface area contributed by atoms with Crippen molar-refractivity contribution in [3.8, 4) is 0 Å². The van der Waals surface area contributed by atoms with Gasteiger partial charge in [-0.25, -0.2) is 9.37 Å². The molecular weight excluding hydrogens is 247 g/mol. The summed E-state index contributed by atoms with van der Waals surface area (Å²) < 4.78 is 18.3. The van der Waals surface area contributed by atoms with Crippen LogP contribution in [-0.4, -0.2) is 31.2 Å². The zero-order valence-corrected chi connectivity index (χ0v) is 10.1. The lowest BCUT2D eigenvalue weighted by Gasteiger charge is -2.17. The highest BCUT2D eigenvalue weighted by molar-refractivity contribution is 6.30. The van der Waals surface area contributed by atoms with E-state index < -0.39 is 5.82 Å². The van der Waals surface area contributed by atoms with Gasteiger partial charge in [0.15, 0.2) is 11.6 Å². The van der Waals surface area contributed by atoms with Crippen LogP contribution in [0.15, 0.2) is 12.3 Å². The maximum atomic E-state index is 13.6. The first kappa shape index (κ1) is 12.1. The Morgan fingerprint density at radius 3 is 3.12 bits per heavy atom. The maximum absolute atomic E-state index is 13.6. The highest BCUT2D eigenvalue weighted by Crippen LogP contribution is 2.26. The van der Waals surface area contributed by atoms with Gasteiger partial charge in [0.25, 0.3) is 0 Å². The molecule has 1 aromatic rings.